The van der Waals surface area contributed by atoms with Crippen molar-refractivity contribution in [2.24, 2.45) is 0 Å². The number of aliphatic hydroxyl groups is 2. The van der Waals surface area contributed by atoms with Crippen molar-refractivity contribution in [1.29, 1.82) is 0 Å². The van der Waals surface area contributed by atoms with Gasteiger partial charge in [-0.25, -0.2) is 0 Å². The van der Waals surface area contributed by atoms with Crippen LogP contribution in [0, 0.1) is 0 Å². The SMILES string of the molecule is CC/C=C\C/C=C\C/C=C\C/C=C\CCCCCCCCCCCCC(=O)NC(CO)C(O)CCCCCCCCCCCCCCCCCCCCCCCCCCCC. The van der Waals surface area contributed by atoms with E-state index in [4.69, 9.17) is 0 Å². The molecule has 0 aromatic heterocycles. The van der Waals surface area contributed by atoms with Gasteiger partial charge in [-0.1, -0.05) is 281 Å². The minimum atomic E-state index is -0.664. The lowest BCUT2D eigenvalue weighted by atomic mass is 10.0. The monoisotopic (exact) mass is 854 g/mol. The standard InChI is InChI=1S/C57H107NO3/c1-3-5-7-9-11-13-15-17-19-21-23-25-27-28-29-31-32-34-36-38-40-42-44-46-48-50-52-56(60)55(54-59)58-57(61)53-51-49-47-45-43-41-39-37-35-33-30-26-24-22-20-18-16-14-12-10-8-6-4-2/h6,8,12,14,18,20,24,26,55-56,59-60H,3-5,7,9-11,13,15-17,19,21-23,25,27-54H2,1-2H3,(H,58,61)/b8-6-,14-12-,20-18-,26-24-. The summed E-state index contributed by atoms with van der Waals surface area (Å²) >= 11 is 0. The second-order valence-electron chi connectivity index (χ2n) is 18.6. The smallest absolute Gasteiger partial charge is 0.220 e. The van der Waals surface area contributed by atoms with Crippen LogP contribution in [0.25, 0.3) is 0 Å². The van der Waals surface area contributed by atoms with Crippen molar-refractivity contribution in [3.05, 3.63) is 48.6 Å². The van der Waals surface area contributed by atoms with E-state index in [0.29, 0.717) is 12.8 Å². The molecule has 0 spiro atoms. The van der Waals surface area contributed by atoms with Crippen molar-refractivity contribution in [1.82, 2.24) is 5.32 Å². The van der Waals surface area contributed by atoms with Crippen molar-refractivity contribution < 1.29 is 15.0 Å². The number of nitrogens with one attached hydrogen (secondary N) is 1. The summed E-state index contributed by atoms with van der Waals surface area (Å²) in [5.74, 6) is -0.0339. The van der Waals surface area contributed by atoms with E-state index in [-0.39, 0.29) is 12.5 Å². The van der Waals surface area contributed by atoms with Crippen molar-refractivity contribution in [3.8, 4) is 0 Å². The number of allylic oxidation sites excluding steroid dienone is 8. The third-order valence-electron chi connectivity index (χ3n) is 12.6. The first-order chi connectivity index (χ1) is 30.2. The minimum absolute atomic E-state index is 0.0339. The number of carbonyl (C=O) groups is 1. The lowest BCUT2D eigenvalue weighted by molar-refractivity contribution is -0.123. The van der Waals surface area contributed by atoms with Gasteiger partial charge in [-0.05, 0) is 51.4 Å². The van der Waals surface area contributed by atoms with Crippen LogP contribution >= 0.6 is 0 Å². The highest BCUT2D eigenvalue weighted by Crippen LogP contribution is 2.17. The largest absolute Gasteiger partial charge is 0.394 e. The summed E-state index contributed by atoms with van der Waals surface area (Å²) in [5.41, 5.74) is 0. The molecule has 0 aromatic rings. The lowest BCUT2D eigenvalue weighted by Gasteiger charge is -2.22. The van der Waals surface area contributed by atoms with E-state index in [2.05, 4.69) is 67.8 Å². The minimum Gasteiger partial charge on any atom is -0.394 e. The van der Waals surface area contributed by atoms with Gasteiger partial charge in [-0.3, -0.25) is 4.79 Å². The number of hydrogen-bond donors (Lipinski definition) is 3. The Morgan fingerprint density at radius 2 is 0.721 bits per heavy atom. The van der Waals surface area contributed by atoms with E-state index in [1.54, 1.807) is 0 Å². The molecule has 2 atom stereocenters. The summed E-state index contributed by atoms with van der Waals surface area (Å²) < 4.78 is 0. The van der Waals surface area contributed by atoms with E-state index in [9.17, 15) is 15.0 Å². The highest BCUT2D eigenvalue weighted by Gasteiger charge is 2.20. The van der Waals surface area contributed by atoms with E-state index in [1.807, 2.05) is 0 Å². The summed E-state index contributed by atoms with van der Waals surface area (Å²) in [4.78, 5) is 12.5. The Kier molecular flexibility index (Phi) is 51.3. The zero-order valence-corrected chi connectivity index (χ0v) is 41.2. The first-order valence-corrected chi connectivity index (χ1v) is 27.3. The predicted octanol–water partition coefficient (Wildman–Crippen LogP) is 17.9. The van der Waals surface area contributed by atoms with E-state index in [1.165, 1.54) is 212 Å². The maximum atomic E-state index is 12.5. The number of amides is 1. The van der Waals surface area contributed by atoms with Gasteiger partial charge in [0.15, 0.2) is 0 Å². The number of unbranched alkanes of at least 4 members (excludes halogenated alkanes) is 35. The van der Waals surface area contributed by atoms with E-state index in [0.717, 1.165) is 51.4 Å². The highest BCUT2D eigenvalue weighted by molar-refractivity contribution is 5.76. The first-order valence-electron chi connectivity index (χ1n) is 27.3. The number of aliphatic hydroxyl groups excluding tert-OH is 2. The Labute approximate surface area is 382 Å². The van der Waals surface area contributed by atoms with Gasteiger partial charge in [0.1, 0.15) is 0 Å². The molecular weight excluding hydrogens is 747 g/mol. The summed E-state index contributed by atoms with van der Waals surface area (Å²) in [6.07, 6.45) is 72.3. The van der Waals surface area contributed by atoms with Crippen LogP contribution in [0.2, 0.25) is 0 Å². The van der Waals surface area contributed by atoms with E-state index >= 15 is 0 Å². The van der Waals surface area contributed by atoms with Gasteiger partial charge in [0.05, 0.1) is 18.8 Å². The normalized spacial score (nSPS) is 13.2. The predicted molar refractivity (Wildman–Crippen MR) is 271 cm³/mol. The second kappa shape index (κ2) is 52.7. The fourth-order valence-corrected chi connectivity index (χ4v) is 8.47. The summed E-state index contributed by atoms with van der Waals surface area (Å²) in [6.45, 7) is 4.27. The maximum absolute atomic E-state index is 12.5. The van der Waals surface area contributed by atoms with Crippen molar-refractivity contribution >= 4 is 5.91 Å². The lowest BCUT2D eigenvalue weighted by Crippen LogP contribution is -2.45. The second-order valence-corrected chi connectivity index (χ2v) is 18.6. The number of rotatable bonds is 50. The van der Waals surface area contributed by atoms with Crippen LogP contribution in [0.1, 0.15) is 290 Å². The van der Waals surface area contributed by atoms with Crippen LogP contribution in [-0.2, 0) is 4.79 Å². The molecule has 2 unspecified atom stereocenters. The Hall–Kier alpha value is -1.65. The van der Waals surface area contributed by atoms with Crippen molar-refractivity contribution in [2.45, 2.75) is 302 Å². The Morgan fingerprint density at radius 1 is 0.410 bits per heavy atom. The topological polar surface area (TPSA) is 69.6 Å². The first kappa shape index (κ1) is 59.4. The molecule has 0 heterocycles. The third kappa shape index (κ3) is 49.2. The molecule has 4 heteroatoms. The van der Waals surface area contributed by atoms with Crippen LogP contribution in [0.15, 0.2) is 48.6 Å². The Balaban J connectivity index is 3.47. The van der Waals surface area contributed by atoms with Gasteiger partial charge in [0.25, 0.3) is 0 Å². The molecule has 0 aliphatic heterocycles. The molecule has 0 radical (unpaired) electrons. The highest BCUT2D eigenvalue weighted by atomic mass is 16.3. The summed E-state index contributed by atoms with van der Waals surface area (Å²) in [5, 5.41) is 23.3. The van der Waals surface area contributed by atoms with Crippen molar-refractivity contribution in [3.63, 3.8) is 0 Å². The van der Waals surface area contributed by atoms with Gasteiger partial charge in [-0.15, -0.1) is 0 Å². The third-order valence-corrected chi connectivity index (χ3v) is 12.6. The molecule has 0 fully saturated rings. The quantitative estimate of drug-likeness (QED) is 0.0422. The summed E-state index contributed by atoms with van der Waals surface area (Å²) in [7, 11) is 0. The van der Waals surface area contributed by atoms with E-state index < -0.39 is 12.1 Å². The maximum Gasteiger partial charge on any atom is 0.220 e. The molecule has 3 N–H and O–H groups in total. The molecule has 358 valence electrons. The van der Waals surface area contributed by atoms with Crippen LogP contribution in [0.5, 0.6) is 0 Å². The van der Waals surface area contributed by atoms with Crippen LogP contribution < -0.4 is 5.32 Å². The molecule has 0 aromatic carbocycles. The fourth-order valence-electron chi connectivity index (χ4n) is 8.47. The van der Waals surface area contributed by atoms with Crippen LogP contribution in [-0.4, -0.2) is 34.9 Å². The van der Waals surface area contributed by atoms with Crippen LogP contribution in [0.4, 0.5) is 0 Å². The zero-order chi connectivity index (χ0) is 44.2. The fraction of sp³-hybridized carbons (Fsp3) is 0.842. The molecule has 0 bridgehead atoms. The summed E-state index contributed by atoms with van der Waals surface area (Å²) in [6, 6.07) is -0.541. The van der Waals surface area contributed by atoms with Gasteiger partial charge in [0.2, 0.25) is 5.91 Å². The molecule has 4 nitrogen and oxygen atoms in total. The average molecular weight is 854 g/mol. The Bertz CT molecular complexity index is 970. The molecule has 0 saturated heterocycles. The van der Waals surface area contributed by atoms with Crippen molar-refractivity contribution in [2.75, 3.05) is 6.61 Å². The number of hydrogen-bond acceptors (Lipinski definition) is 3. The average Bonchev–Trinajstić information content (AvgIpc) is 3.26. The Morgan fingerprint density at radius 3 is 1.08 bits per heavy atom. The molecule has 0 rings (SSSR count). The van der Waals surface area contributed by atoms with Gasteiger partial charge < -0.3 is 15.5 Å². The molecule has 0 saturated carbocycles. The number of carbonyl (C=O) groups excluding carboxylic acids is 1. The van der Waals surface area contributed by atoms with Crippen LogP contribution in [0.3, 0.4) is 0 Å². The zero-order valence-electron chi connectivity index (χ0n) is 41.2. The van der Waals surface area contributed by atoms with Gasteiger partial charge in [0, 0.05) is 6.42 Å². The molecule has 1 amide bonds. The molecule has 0 aliphatic carbocycles. The van der Waals surface area contributed by atoms with Gasteiger partial charge in [-0.2, -0.15) is 0 Å². The van der Waals surface area contributed by atoms with Gasteiger partial charge >= 0.3 is 0 Å². The molecule has 0 aliphatic rings. The molecule has 61 heavy (non-hydrogen) atoms. The molecular formula is C57H107NO3.